The van der Waals surface area contributed by atoms with E-state index in [0.717, 1.165) is 6.42 Å². The van der Waals surface area contributed by atoms with Crippen molar-refractivity contribution in [3.8, 4) is 0 Å². The van der Waals surface area contributed by atoms with Crippen LogP contribution < -0.4 is 11.1 Å². The Bertz CT molecular complexity index is 187. The van der Waals surface area contributed by atoms with Gasteiger partial charge in [0.05, 0.1) is 0 Å². The molecule has 0 spiro atoms. The van der Waals surface area contributed by atoms with Crippen LogP contribution in [0.5, 0.6) is 0 Å². The zero-order valence-electron chi connectivity index (χ0n) is 8.45. The van der Waals surface area contributed by atoms with Gasteiger partial charge in [0.25, 0.3) is 0 Å². The molecule has 0 rings (SSSR count). The highest BCUT2D eigenvalue weighted by atomic mass is 32.2. The van der Waals surface area contributed by atoms with Crippen LogP contribution >= 0.6 is 0 Å². The number of rotatable bonds is 8. The van der Waals surface area contributed by atoms with E-state index in [2.05, 4.69) is 5.32 Å². The van der Waals surface area contributed by atoms with Crippen molar-refractivity contribution in [1.82, 2.24) is 5.32 Å². The summed E-state index contributed by atoms with van der Waals surface area (Å²) in [6.45, 7) is 1.53. The summed E-state index contributed by atoms with van der Waals surface area (Å²) in [5.74, 6) is 0.239. The molecule has 0 aromatic rings. The lowest BCUT2D eigenvalue weighted by Crippen LogP contribution is -2.31. The number of nitrogens with one attached hydrogen (secondary N) is 1. The minimum absolute atomic E-state index is 0.0458. The fraction of sp³-hybridized carbons (Fsp3) is 0.875. The minimum atomic E-state index is -1.13. The highest BCUT2D eigenvalue weighted by molar-refractivity contribution is 7.85. The Kier molecular flexibility index (Phi) is 8.81. The van der Waals surface area contributed by atoms with E-state index in [9.17, 15) is 9.00 Å². The molecule has 0 aromatic heterocycles. The molecule has 6 heteroatoms. The molecular weight excluding hydrogens is 204 g/mol. The van der Waals surface area contributed by atoms with Crippen molar-refractivity contribution < 1.29 is 13.7 Å². The van der Waals surface area contributed by atoms with Crippen LogP contribution in [0.4, 0.5) is 0 Å². The van der Waals surface area contributed by atoms with Gasteiger partial charge in [0, 0.05) is 43.4 Å². The molecule has 0 aliphatic carbocycles. The van der Waals surface area contributed by atoms with Crippen molar-refractivity contribution in [3.63, 3.8) is 0 Å². The van der Waals surface area contributed by atoms with Gasteiger partial charge in [-0.3, -0.25) is 9.00 Å². The maximum atomic E-state index is 11.1. The van der Waals surface area contributed by atoms with Gasteiger partial charge < -0.3 is 15.8 Å². The smallest absolute Gasteiger partial charge is 0.232 e. The van der Waals surface area contributed by atoms with Gasteiger partial charge in [-0.05, 0) is 6.42 Å². The van der Waals surface area contributed by atoms with Crippen LogP contribution in [-0.4, -0.2) is 48.4 Å². The van der Waals surface area contributed by atoms with Gasteiger partial charge >= 0.3 is 0 Å². The molecule has 84 valence electrons. The number of nitrogens with two attached hydrogens (primary N) is 1. The first-order valence-electron chi connectivity index (χ1n) is 4.51. The van der Waals surface area contributed by atoms with Crippen molar-refractivity contribution in [2.75, 3.05) is 38.3 Å². The Hall–Kier alpha value is -0.460. The quantitative estimate of drug-likeness (QED) is 0.508. The molecule has 0 heterocycles. The summed E-state index contributed by atoms with van der Waals surface area (Å²) >= 11 is 0. The summed E-state index contributed by atoms with van der Waals surface area (Å²) < 4.78 is 15.9. The first-order valence-corrected chi connectivity index (χ1v) is 6.00. The second-order valence-corrected chi connectivity index (χ2v) is 4.35. The molecule has 0 aliphatic rings. The third-order valence-corrected chi connectivity index (χ3v) is 2.76. The summed E-state index contributed by atoms with van der Waals surface area (Å²) in [6, 6.07) is 0. The van der Waals surface area contributed by atoms with E-state index in [1.165, 1.54) is 0 Å². The predicted octanol–water partition coefficient (Wildman–Crippen LogP) is -1.15. The predicted molar refractivity (Wildman–Crippen MR) is 56.4 cm³/mol. The Morgan fingerprint density at radius 2 is 2.29 bits per heavy atom. The largest absolute Gasteiger partial charge is 0.385 e. The molecule has 5 nitrogen and oxygen atoms in total. The minimum Gasteiger partial charge on any atom is -0.385 e. The first kappa shape index (κ1) is 13.5. The van der Waals surface area contributed by atoms with Gasteiger partial charge in [-0.25, -0.2) is 0 Å². The third-order valence-electron chi connectivity index (χ3n) is 1.49. The third kappa shape index (κ3) is 8.15. The first-order chi connectivity index (χ1) is 6.70. The van der Waals surface area contributed by atoms with E-state index in [-0.39, 0.29) is 11.7 Å². The standard InChI is InChI=1S/C8H18N2O3S/c1-13-5-2-4-10-8(11)7-14(12)6-3-9/h2-7,9H2,1H3,(H,10,11). The number of hydrogen-bond donors (Lipinski definition) is 2. The number of amides is 1. The molecule has 0 fully saturated rings. The molecular formula is C8H18N2O3S. The van der Waals surface area contributed by atoms with E-state index in [1.807, 2.05) is 0 Å². The average molecular weight is 222 g/mol. The van der Waals surface area contributed by atoms with Gasteiger partial charge in [-0.15, -0.1) is 0 Å². The Labute approximate surface area is 86.8 Å². The molecule has 0 radical (unpaired) electrons. The molecule has 0 saturated carbocycles. The van der Waals surface area contributed by atoms with Crippen molar-refractivity contribution in [2.24, 2.45) is 5.73 Å². The lowest BCUT2D eigenvalue weighted by molar-refractivity contribution is -0.118. The lowest BCUT2D eigenvalue weighted by atomic mass is 10.4. The Balaban J connectivity index is 3.40. The van der Waals surface area contributed by atoms with Crippen LogP contribution in [0.15, 0.2) is 0 Å². The van der Waals surface area contributed by atoms with Gasteiger partial charge in [-0.1, -0.05) is 0 Å². The summed E-state index contributed by atoms with van der Waals surface area (Å²) in [7, 11) is 0.484. The topological polar surface area (TPSA) is 81.4 Å². The number of carbonyl (C=O) groups is 1. The van der Waals surface area contributed by atoms with Crippen LogP contribution in [0.2, 0.25) is 0 Å². The van der Waals surface area contributed by atoms with Crippen molar-refractivity contribution >= 4 is 16.7 Å². The van der Waals surface area contributed by atoms with E-state index in [4.69, 9.17) is 10.5 Å². The maximum absolute atomic E-state index is 11.1. The maximum Gasteiger partial charge on any atom is 0.232 e. The van der Waals surface area contributed by atoms with Crippen LogP contribution in [0, 0.1) is 0 Å². The molecule has 1 unspecified atom stereocenters. The van der Waals surface area contributed by atoms with Crippen LogP contribution in [-0.2, 0) is 20.3 Å². The van der Waals surface area contributed by atoms with Crippen LogP contribution in [0.25, 0.3) is 0 Å². The fourth-order valence-electron chi connectivity index (χ4n) is 0.845. The fourth-order valence-corrected chi connectivity index (χ4v) is 1.65. The number of methoxy groups -OCH3 is 1. The highest BCUT2D eigenvalue weighted by Gasteiger charge is 2.05. The van der Waals surface area contributed by atoms with Gasteiger partial charge in [0.1, 0.15) is 5.75 Å². The summed E-state index contributed by atoms with van der Waals surface area (Å²) in [5, 5.41) is 2.65. The normalized spacial score (nSPS) is 12.4. The van der Waals surface area contributed by atoms with Gasteiger partial charge in [-0.2, -0.15) is 0 Å². The van der Waals surface area contributed by atoms with Crippen LogP contribution in [0.1, 0.15) is 6.42 Å². The SMILES string of the molecule is COCCCNC(=O)CS(=O)CCN. The van der Waals surface area contributed by atoms with E-state index >= 15 is 0 Å². The van der Waals surface area contributed by atoms with Crippen molar-refractivity contribution in [1.29, 1.82) is 0 Å². The lowest BCUT2D eigenvalue weighted by Gasteiger charge is -2.04. The van der Waals surface area contributed by atoms with E-state index < -0.39 is 10.8 Å². The molecule has 1 atom stereocenters. The molecule has 14 heavy (non-hydrogen) atoms. The summed E-state index contributed by atoms with van der Waals surface area (Å²) in [6.07, 6.45) is 0.770. The molecule has 0 bridgehead atoms. The molecule has 0 aliphatic heterocycles. The second-order valence-electron chi connectivity index (χ2n) is 2.77. The van der Waals surface area contributed by atoms with Gasteiger partial charge in [0.15, 0.2) is 0 Å². The molecule has 0 aromatic carbocycles. The molecule has 3 N–H and O–H groups in total. The Morgan fingerprint density at radius 1 is 1.57 bits per heavy atom. The van der Waals surface area contributed by atoms with E-state index in [0.29, 0.717) is 25.4 Å². The zero-order chi connectivity index (χ0) is 10.8. The number of hydrogen-bond acceptors (Lipinski definition) is 4. The second kappa shape index (κ2) is 9.11. The summed E-state index contributed by atoms with van der Waals surface area (Å²) in [4.78, 5) is 11.1. The van der Waals surface area contributed by atoms with Crippen LogP contribution in [0.3, 0.4) is 0 Å². The average Bonchev–Trinajstić information content (AvgIpc) is 2.13. The number of ether oxygens (including phenoxy) is 1. The van der Waals surface area contributed by atoms with E-state index in [1.54, 1.807) is 7.11 Å². The van der Waals surface area contributed by atoms with Gasteiger partial charge in [0.2, 0.25) is 5.91 Å². The highest BCUT2D eigenvalue weighted by Crippen LogP contribution is 1.82. The van der Waals surface area contributed by atoms with Crippen molar-refractivity contribution in [2.45, 2.75) is 6.42 Å². The monoisotopic (exact) mass is 222 g/mol. The Morgan fingerprint density at radius 3 is 2.86 bits per heavy atom. The summed E-state index contributed by atoms with van der Waals surface area (Å²) in [5.41, 5.74) is 5.20. The van der Waals surface area contributed by atoms with Crippen molar-refractivity contribution in [3.05, 3.63) is 0 Å². The molecule has 1 amide bonds. The number of carbonyl (C=O) groups excluding carboxylic acids is 1. The molecule has 0 saturated heterocycles. The zero-order valence-corrected chi connectivity index (χ0v) is 9.27.